The molecule has 0 heterocycles. The molecule has 0 aliphatic heterocycles. The molecule has 0 N–H and O–H groups in total. The number of hydrogen-bond donors (Lipinski definition) is 0. The van der Waals surface area contributed by atoms with Crippen molar-refractivity contribution in [1.82, 2.24) is 4.90 Å². The Morgan fingerprint density at radius 3 is 2.19 bits per heavy atom. The minimum atomic E-state index is -0.472. The third-order valence-corrected chi connectivity index (χ3v) is 1.74. The van der Waals surface area contributed by atoms with Gasteiger partial charge in [-0.2, -0.15) is 0 Å². The van der Waals surface area contributed by atoms with Gasteiger partial charge in [-0.25, -0.2) is 0 Å². The second-order valence-electron chi connectivity index (χ2n) is 4.65. The smallest absolute Gasteiger partial charge is 0.320 e. The first-order valence-corrected chi connectivity index (χ1v) is 5.22. The Bertz CT molecular complexity index is 245. The average molecular weight is 231 g/mol. The number of rotatable bonds is 5. The Balaban J connectivity index is 3.83. The Morgan fingerprint density at radius 1 is 1.19 bits per heavy atom. The van der Waals surface area contributed by atoms with Crippen LogP contribution in [0.4, 0.5) is 0 Å². The quantitative estimate of drug-likeness (QED) is 0.656. The maximum absolute atomic E-state index is 11.4. The summed E-state index contributed by atoms with van der Waals surface area (Å²) >= 11 is 0. The van der Waals surface area contributed by atoms with Gasteiger partial charge in [-0.3, -0.25) is 14.5 Å². The van der Waals surface area contributed by atoms with E-state index in [9.17, 15) is 9.59 Å². The molecule has 0 saturated carbocycles. The zero-order valence-electron chi connectivity index (χ0n) is 10.7. The lowest BCUT2D eigenvalue weighted by molar-refractivity contribution is -0.156. The zero-order chi connectivity index (χ0) is 12.8. The van der Waals surface area contributed by atoms with Gasteiger partial charge in [0.25, 0.3) is 0 Å². The summed E-state index contributed by atoms with van der Waals surface area (Å²) < 4.78 is 9.65. The van der Waals surface area contributed by atoms with Crippen molar-refractivity contribution < 1.29 is 19.1 Å². The fourth-order valence-electron chi connectivity index (χ4n) is 1.06. The number of methoxy groups -OCH3 is 1. The van der Waals surface area contributed by atoms with Gasteiger partial charge in [0.05, 0.1) is 20.1 Å². The molecule has 0 amide bonds. The largest absolute Gasteiger partial charge is 0.469 e. The second-order valence-corrected chi connectivity index (χ2v) is 4.65. The van der Waals surface area contributed by atoms with Crippen LogP contribution in [0.1, 0.15) is 27.2 Å². The predicted octanol–water partition coefficient (Wildman–Crippen LogP) is 0.823. The normalized spacial score (nSPS) is 11.4. The fourth-order valence-corrected chi connectivity index (χ4v) is 1.06. The molecule has 0 saturated heterocycles. The molecule has 0 unspecified atom stereocenters. The monoisotopic (exact) mass is 231 g/mol. The minimum Gasteiger partial charge on any atom is -0.469 e. The lowest BCUT2D eigenvalue weighted by Crippen LogP contribution is -2.33. The number of carbonyl (C=O) groups is 2. The summed E-state index contributed by atoms with van der Waals surface area (Å²) in [5, 5.41) is 0. The molecule has 0 spiro atoms. The van der Waals surface area contributed by atoms with Crippen LogP contribution in [-0.2, 0) is 19.1 Å². The third-order valence-electron chi connectivity index (χ3n) is 1.74. The standard InChI is InChI=1S/C11H21NO4/c1-11(2,3)16-10(14)8-12(4)7-6-9(13)15-5/h6-8H2,1-5H3. The van der Waals surface area contributed by atoms with E-state index in [1.165, 1.54) is 7.11 Å². The topological polar surface area (TPSA) is 55.8 Å². The molecular formula is C11H21NO4. The number of ether oxygens (including phenoxy) is 2. The van der Waals surface area contributed by atoms with E-state index in [0.717, 1.165) is 0 Å². The van der Waals surface area contributed by atoms with Crippen molar-refractivity contribution >= 4 is 11.9 Å². The molecule has 0 radical (unpaired) electrons. The Morgan fingerprint density at radius 2 is 1.75 bits per heavy atom. The van der Waals surface area contributed by atoms with Crippen LogP contribution in [0, 0.1) is 0 Å². The number of esters is 2. The second kappa shape index (κ2) is 6.48. The maximum Gasteiger partial charge on any atom is 0.320 e. The highest BCUT2D eigenvalue weighted by molar-refractivity contribution is 5.72. The summed E-state index contributed by atoms with van der Waals surface area (Å²) in [6.45, 7) is 6.11. The molecule has 5 heteroatoms. The molecule has 5 nitrogen and oxygen atoms in total. The van der Waals surface area contributed by atoms with E-state index in [0.29, 0.717) is 6.54 Å². The van der Waals surface area contributed by atoms with Crippen LogP contribution in [0.2, 0.25) is 0 Å². The van der Waals surface area contributed by atoms with Crippen LogP contribution >= 0.6 is 0 Å². The van der Waals surface area contributed by atoms with Crippen molar-refractivity contribution in [3.63, 3.8) is 0 Å². The molecular weight excluding hydrogens is 210 g/mol. The van der Waals surface area contributed by atoms with Crippen molar-refractivity contribution in [2.45, 2.75) is 32.8 Å². The summed E-state index contributed by atoms with van der Waals surface area (Å²) in [6, 6.07) is 0. The van der Waals surface area contributed by atoms with E-state index in [1.54, 1.807) is 11.9 Å². The highest BCUT2D eigenvalue weighted by Gasteiger charge is 2.17. The van der Waals surface area contributed by atoms with Gasteiger partial charge in [0.1, 0.15) is 5.60 Å². The Hall–Kier alpha value is -1.10. The maximum atomic E-state index is 11.4. The van der Waals surface area contributed by atoms with Crippen molar-refractivity contribution in [3.8, 4) is 0 Å². The van der Waals surface area contributed by atoms with Gasteiger partial charge in [-0.15, -0.1) is 0 Å². The highest BCUT2D eigenvalue weighted by atomic mass is 16.6. The molecule has 0 aromatic heterocycles. The molecule has 0 aliphatic rings. The number of likely N-dealkylation sites (N-methyl/N-ethyl adjacent to an activating group) is 1. The lowest BCUT2D eigenvalue weighted by atomic mass is 10.2. The van der Waals surface area contributed by atoms with Gasteiger partial charge in [0.2, 0.25) is 0 Å². The van der Waals surface area contributed by atoms with Gasteiger partial charge in [-0.05, 0) is 27.8 Å². The van der Waals surface area contributed by atoms with E-state index >= 15 is 0 Å². The van der Waals surface area contributed by atoms with Crippen LogP contribution in [0.3, 0.4) is 0 Å². The first kappa shape index (κ1) is 14.9. The van der Waals surface area contributed by atoms with Gasteiger partial charge in [0, 0.05) is 6.54 Å². The lowest BCUT2D eigenvalue weighted by Gasteiger charge is -2.22. The van der Waals surface area contributed by atoms with Crippen LogP contribution in [0.15, 0.2) is 0 Å². The molecule has 0 atom stereocenters. The highest BCUT2D eigenvalue weighted by Crippen LogP contribution is 2.07. The molecule has 0 aromatic carbocycles. The van der Waals surface area contributed by atoms with Crippen molar-refractivity contribution in [2.24, 2.45) is 0 Å². The summed E-state index contributed by atoms with van der Waals surface area (Å²) in [5.41, 5.74) is -0.472. The van der Waals surface area contributed by atoms with Gasteiger partial charge in [-0.1, -0.05) is 0 Å². The van der Waals surface area contributed by atoms with E-state index in [1.807, 2.05) is 20.8 Å². The number of nitrogens with zero attached hydrogens (tertiary/aromatic N) is 1. The average Bonchev–Trinajstić information content (AvgIpc) is 2.10. The van der Waals surface area contributed by atoms with Crippen LogP contribution in [0.5, 0.6) is 0 Å². The van der Waals surface area contributed by atoms with Gasteiger partial charge in [0.15, 0.2) is 0 Å². The summed E-state index contributed by atoms with van der Waals surface area (Å²) in [5.74, 6) is -0.573. The summed E-state index contributed by atoms with van der Waals surface area (Å²) in [7, 11) is 3.10. The summed E-state index contributed by atoms with van der Waals surface area (Å²) in [6.07, 6.45) is 0.274. The molecule has 94 valence electrons. The predicted molar refractivity (Wildman–Crippen MR) is 60.0 cm³/mol. The SMILES string of the molecule is COC(=O)CCN(C)CC(=O)OC(C)(C)C. The number of carbonyl (C=O) groups excluding carboxylic acids is 2. The molecule has 16 heavy (non-hydrogen) atoms. The van der Waals surface area contributed by atoms with E-state index in [4.69, 9.17) is 4.74 Å². The first-order valence-electron chi connectivity index (χ1n) is 5.22. The third kappa shape index (κ3) is 8.23. The van der Waals surface area contributed by atoms with Crippen molar-refractivity contribution in [3.05, 3.63) is 0 Å². The Labute approximate surface area is 96.7 Å². The minimum absolute atomic E-state index is 0.175. The number of hydrogen-bond acceptors (Lipinski definition) is 5. The van der Waals surface area contributed by atoms with Crippen molar-refractivity contribution in [2.75, 3.05) is 27.2 Å². The van der Waals surface area contributed by atoms with E-state index in [2.05, 4.69) is 4.74 Å². The van der Waals surface area contributed by atoms with Gasteiger partial charge >= 0.3 is 11.9 Å². The zero-order valence-corrected chi connectivity index (χ0v) is 10.7. The van der Waals surface area contributed by atoms with Gasteiger partial charge < -0.3 is 9.47 Å². The van der Waals surface area contributed by atoms with Crippen LogP contribution < -0.4 is 0 Å². The first-order chi connectivity index (χ1) is 7.24. The molecule has 0 aromatic rings. The van der Waals surface area contributed by atoms with Crippen LogP contribution in [0.25, 0.3) is 0 Å². The molecule has 0 rings (SSSR count). The summed E-state index contributed by atoms with van der Waals surface area (Å²) in [4.78, 5) is 24.0. The van der Waals surface area contributed by atoms with E-state index < -0.39 is 5.60 Å². The van der Waals surface area contributed by atoms with Crippen LogP contribution in [-0.4, -0.2) is 49.7 Å². The molecule has 0 aliphatic carbocycles. The van der Waals surface area contributed by atoms with Crippen molar-refractivity contribution in [1.29, 1.82) is 0 Å². The Kier molecular flexibility index (Phi) is 6.03. The molecule has 0 fully saturated rings. The molecule has 0 bridgehead atoms. The fraction of sp³-hybridized carbons (Fsp3) is 0.818. The van der Waals surface area contributed by atoms with E-state index in [-0.39, 0.29) is 24.9 Å².